The van der Waals surface area contributed by atoms with Gasteiger partial charge < -0.3 is 10.4 Å². The average Bonchev–Trinajstić information content (AvgIpc) is 2.20. The number of halogens is 1. The SMILES string of the molecule is Oc1ccccc1C1NCCCC1F. The third kappa shape index (κ3) is 1.73. The number of piperidine rings is 1. The lowest BCUT2D eigenvalue weighted by molar-refractivity contribution is 0.198. The highest BCUT2D eigenvalue weighted by Gasteiger charge is 2.27. The van der Waals surface area contributed by atoms with E-state index in [1.165, 1.54) is 0 Å². The third-order valence-corrected chi connectivity index (χ3v) is 2.65. The van der Waals surface area contributed by atoms with Crippen LogP contribution in [-0.4, -0.2) is 17.8 Å². The highest BCUT2D eigenvalue weighted by atomic mass is 19.1. The zero-order valence-electron chi connectivity index (χ0n) is 7.91. The number of phenolic OH excluding ortho intramolecular Hbond substituents is 1. The van der Waals surface area contributed by atoms with E-state index in [-0.39, 0.29) is 11.8 Å². The molecule has 3 heteroatoms. The summed E-state index contributed by atoms with van der Waals surface area (Å²) in [4.78, 5) is 0. The van der Waals surface area contributed by atoms with Crippen LogP contribution in [0.15, 0.2) is 24.3 Å². The Balaban J connectivity index is 2.25. The van der Waals surface area contributed by atoms with Gasteiger partial charge in [-0.2, -0.15) is 0 Å². The molecule has 0 saturated carbocycles. The molecule has 0 radical (unpaired) electrons. The first-order valence-electron chi connectivity index (χ1n) is 4.94. The molecule has 0 amide bonds. The summed E-state index contributed by atoms with van der Waals surface area (Å²) < 4.78 is 13.5. The van der Waals surface area contributed by atoms with Gasteiger partial charge >= 0.3 is 0 Å². The second-order valence-corrected chi connectivity index (χ2v) is 3.65. The largest absolute Gasteiger partial charge is 0.508 e. The van der Waals surface area contributed by atoms with Crippen LogP contribution < -0.4 is 5.32 Å². The Bertz CT molecular complexity index is 316. The van der Waals surface area contributed by atoms with Gasteiger partial charge in [0, 0.05) is 5.56 Å². The van der Waals surface area contributed by atoms with E-state index in [9.17, 15) is 9.50 Å². The minimum Gasteiger partial charge on any atom is -0.508 e. The highest BCUT2D eigenvalue weighted by molar-refractivity contribution is 5.35. The Morgan fingerprint density at radius 3 is 2.86 bits per heavy atom. The monoisotopic (exact) mass is 195 g/mol. The van der Waals surface area contributed by atoms with E-state index in [0.717, 1.165) is 13.0 Å². The average molecular weight is 195 g/mol. The molecule has 0 aromatic heterocycles. The standard InChI is InChI=1S/C11H14FNO/c12-9-5-3-7-13-11(9)8-4-1-2-6-10(8)14/h1-2,4,6,9,11,13-14H,3,5,7H2. The summed E-state index contributed by atoms with van der Waals surface area (Å²) >= 11 is 0. The second kappa shape index (κ2) is 3.96. The Morgan fingerprint density at radius 1 is 1.36 bits per heavy atom. The Labute approximate surface area is 82.8 Å². The number of nitrogens with one attached hydrogen (secondary N) is 1. The Morgan fingerprint density at radius 2 is 2.14 bits per heavy atom. The van der Waals surface area contributed by atoms with Crippen LogP contribution in [-0.2, 0) is 0 Å². The van der Waals surface area contributed by atoms with Gasteiger partial charge in [-0.1, -0.05) is 18.2 Å². The van der Waals surface area contributed by atoms with Crippen LogP contribution in [0.1, 0.15) is 24.4 Å². The second-order valence-electron chi connectivity index (χ2n) is 3.65. The van der Waals surface area contributed by atoms with E-state index in [4.69, 9.17) is 0 Å². The lowest BCUT2D eigenvalue weighted by Crippen LogP contribution is -2.35. The number of hydrogen-bond donors (Lipinski definition) is 2. The topological polar surface area (TPSA) is 32.3 Å². The summed E-state index contributed by atoms with van der Waals surface area (Å²) in [6.07, 6.45) is 0.550. The fourth-order valence-corrected chi connectivity index (χ4v) is 1.90. The van der Waals surface area contributed by atoms with Crippen LogP contribution >= 0.6 is 0 Å². The van der Waals surface area contributed by atoms with Crippen LogP contribution in [0.3, 0.4) is 0 Å². The van der Waals surface area contributed by atoms with Gasteiger partial charge in [-0.05, 0) is 25.5 Å². The number of hydrogen-bond acceptors (Lipinski definition) is 2. The molecule has 1 fully saturated rings. The molecule has 76 valence electrons. The molecule has 14 heavy (non-hydrogen) atoms. The van der Waals surface area contributed by atoms with E-state index >= 15 is 0 Å². The van der Waals surface area contributed by atoms with Crippen LogP contribution in [0.4, 0.5) is 4.39 Å². The molecule has 2 rings (SSSR count). The number of benzene rings is 1. The Hall–Kier alpha value is -1.09. The molecule has 1 saturated heterocycles. The lowest BCUT2D eigenvalue weighted by atomic mass is 9.95. The summed E-state index contributed by atoms with van der Waals surface area (Å²) in [7, 11) is 0. The van der Waals surface area contributed by atoms with Crippen molar-refractivity contribution in [3.63, 3.8) is 0 Å². The molecule has 2 N–H and O–H groups in total. The predicted octanol–water partition coefficient (Wildman–Crippen LogP) is 2.15. The van der Waals surface area contributed by atoms with Crippen molar-refractivity contribution >= 4 is 0 Å². The number of phenols is 1. The maximum atomic E-state index is 13.5. The quantitative estimate of drug-likeness (QED) is 0.719. The molecule has 1 aliphatic rings. The highest BCUT2D eigenvalue weighted by Crippen LogP contribution is 2.31. The first-order valence-corrected chi connectivity index (χ1v) is 4.94. The molecule has 1 heterocycles. The lowest BCUT2D eigenvalue weighted by Gasteiger charge is -2.28. The Kier molecular flexibility index (Phi) is 2.68. The van der Waals surface area contributed by atoms with Gasteiger partial charge in [0.15, 0.2) is 0 Å². The molecular weight excluding hydrogens is 181 g/mol. The minimum atomic E-state index is -0.892. The molecule has 2 unspecified atom stereocenters. The number of rotatable bonds is 1. The molecule has 0 aliphatic carbocycles. The molecule has 1 aliphatic heterocycles. The van der Waals surface area contributed by atoms with Crippen molar-refractivity contribution < 1.29 is 9.50 Å². The van der Waals surface area contributed by atoms with Crippen molar-refractivity contribution in [1.29, 1.82) is 0 Å². The van der Waals surface area contributed by atoms with Crippen molar-refractivity contribution in [2.45, 2.75) is 25.1 Å². The normalized spacial score (nSPS) is 27.5. The molecule has 0 bridgehead atoms. The number of aromatic hydroxyl groups is 1. The van der Waals surface area contributed by atoms with Gasteiger partial charge in [-0.15, -0.1) is 0 Å². The van der Waals surface area contributed by atoms with Gasteiger partial charge in [0.1, 0.15) is 11.9 Å². The van der Waals surface area contributed by atoms with E-state index < -0.39 is 6.17 Å². The van der Waals surface area contributed by atoms with Gasteiger partial charge in [-0.25, -0.2) is 4.39 Å². The number of alkyl halides is 1. The molecule has 0 spiro atoms. The zero-order chi connectivity index (χ0) is 9.97. The van der Waals surface area contributed by atoms with Crippen LogP contribution in [0, 0.1) is 0 Å². The summed E-state index contributed by atoms with van der Waals surface area (Å²) in [6.45, 7) is 0.819. The van der Waals surface area contributed by atoms with Gasteiger partial charge in [0.25, 0.3) is 0 Å². The van der Waals surface area contributed by atoms with Crippen LogP contribution in [0.25, 0.3) is 0 Å². The first kappa shape index (κ1) is 9.46. The maximum absolute atomic E-state index is 13.5. The van der Waals surface area contributed by atoms with Crippen LogP contribution in [0.5, 0.6) is 5.75 Å². The summed E-state index contributed by atoms with van der Waals surface area (Å²) in [5, 5.41) is 12.7. The van der Waals surface area contributed by atoms with E-state index in [1.807, 2.05) is 6.07 Å². The van der Waals surface area contributed by atoms with E-state index in [2.05, 4.69) is 5.32 Å². The maximum Gasteiger partial charge on any atom is 0.120 e. The van der Waals surface area contributed by atoms with E-state index in [1.54, 1.807) is 18.2 Å². The molecule has 1 aromatic rings. The van der Waals surface area contributed by atoms with Gasteiger partial charge in [-0.3, -0.25) is 0 Å². The van der Waals surface area contributed by atoms with Gasteiger partial charge in [0.2, 0.25) is 0 Å². The van der Waals surface area contributed by atoms with E-state index in [0.29, 0.717) is 12.0 Å². The van der Waals surface area contributed by atoms with Crippen molar-refractivity contribution in [2.24, 2.45) is 0 Å². The molecular formula is C11H14FNO. The molecule has 2 atom stereocenters. The summed E-state index contributed by atoms with van der Waals surface area (Å²) in [5.41, 5.74) is 0.666. The van der Waals surface area contributed by atoms with Crippen molar-refractivity contribution in [3.8, 4) is 5.75 Å². The van der Waals surface area contributed by atoms with Crippen LogP contribution in [0.2, 0.25) is 0 Å². The molecule has 2 nitrogen and oxygen atoms in total. The van der Waals surface area contributed by atoms with Gasteiger partial charge in [0.05, 0.1) is 6.04 Å². The fourth-order valence-electron chi connectivity index (χ4n) is 1.90. The smallest absolute Gasteiger partial charge is 0.120 e. The third-order valence-electron chi connectivity index (χ3n) is 2.65. The summed E-state index contributed by atoms with van der Waals surface area (Å²) in [5.74, 6) is 0.176. The van der Waals surface area contributed by atoms with Crippen molar-refractivity contribution in [2.75, 3.05) is 6.54 Å². The minimum absolute atomic E-state index is 0.176. The number of para-hydroxylation sites is 1. The first-order chi connectivity index (χ1) is 6.79. The fraction of sp³-hybridized carbons (Fsp3) is 0.455. The van der Waals surface area contributed by atoms with Crippen molar-refractivity contribution in [1.82, 2.24) is 5.32 Å². The molecule has 1 aromatic carbocycles. The summed E-state index contributed by atoms with van der Waals surface area (Å²) in [6, 6.07) is 6.58. The zero-order valence-corrected chi connectivity index (χ0v) is 7.91. The predicted molar refractivity (Wildman–Crippen MR) is 53.0 cm³/mol. The van der Waals surface area contributed by atoms with Crippen molar-refractivity contribution in [3.05, 3.63) is 29.8 Å².